The molecule has 0 aromatic rings. The summed E-state index contributed by atoms with van der Waals surface area (Å²) in [5, 5.41) is 3.02. The predicted octanol–water partition coefficient (Wildman–Crippen LogP) is 2.25. The molecular formula is C17H26N2O2. The Kier molecular flexibility index (Phi) is 4.61. The molecule has 0 aromatic heterocycles. The Morgan fingerprint density at radius 3 is 2.90 bits per heavy atom. The van der Waals surface area contributed by atoms with Crippen LogP contribution in [0.25, 0.3) is 0 Å². The predicted molar refractivity (Wildman–Crippen MR) is 81.6 cm³/mol. The van der Waals surface area contributed by atoms with Gasteiger partial charge in [-0.1, -0.05) is 11.6 Å². The molecule has 1 saturated carbocycles. The van der Waals surface area contributed by atoms with E-state index in [0.29, 0.717) is 18.9 Å². The first kappa shape index (κ1) is 14.6. The summed E-state index contributed by atoms with van der Waals surface area (Å²) in [4.78, 5) is 26.0. The van der Waals surface area contributed by atoms with Gasteiger partial charge in [-0.15, -0.1) is 0 Å². The molecule has 2 amide bonds. The lowest BCUT2D eigenvalue weighted by Gasteiger charge is -2.16. The number of carbonyl (C=O) groups is 2. The van der Waals surface area contributed by atoms with E-state index < -0.39 is 0 Å². The molecule has 4 heteroatoms. The Balaban J connectivity index is 1.38. The molecule has 1 atom stereocenters. The van der Waals surface area contributed by atoms with Gasteiger partial charge in [-0.2, -0.15) is 0 Å². The van der Waals surface area contributed by atoms with E-state index in [1.165, 1.54) is 44.1 Å². The van der Waals surface area contributed by atoms with Crippen molar-refractivity contribution in [2.75, 3.05) is 19.6 Å². The summed E-state index contributed by atoms with van der Waals surface area (Å²) < 4.78 is 0. The number of allylic oxidation sites excluding steroid dienone is 1. The van der Waals surface area contributed by atoms with Crippen molar-refractivity contribution >= 4 is 11.8 Å². The summed E-state index contributed by atoms with van der Waals surface area (Å²) in [5.41, 5.74) is 1.49. The third-order valence-corrected chi connectivity index (χ3v) is 4.89. The first-order valence-corrected chi connectivity index (χ1v) is 8.46. The van der Waals surface area contributed by atoms with Crippen LogP contribution in [0.3, 0.4) is 0 Å². The molecular weight excluding hydrogens is 264 g/mol. The molecule has 0 aromatic carbocycles. The molecule has 3 aliphatic rings. The number of carbonyl (C=O) groups excluding carboxylic acids is 2. The second-order valence-electron chi connectivity index (χ2n) is 6.79. The van der Waals surface area contributed by atoms with Crippen molar-refractivity contribution in [2.24, 2.45) is 11.8 Å². The molecule has 1 aliphatic heterocycles. The minimum Gasteiger partial charge on any atom is -0.355 e. The Morgan fingerprint density at radius 2 is 2.19 bits per heavy atom. The van der Waals surface area contributed by atoms with Gasteiger partial charge < -0.3 is 10.2 Å². The SMILES string of the molecule is O=C(NCCC1=CCCCC1)[C@H]1CC(=O)N(CC2CC2)C1. The van der Waals surface area contributed by atoms with Crippen LogP contribution in [0, 0.1) is 11.8 Å². The molecule has 2 aliphatic carbocycles. The van der Waals surface area contributed by atoms with Crippen LogP contribution in [0.1, 0.15) is 51.4 Å². The Hall–Kier alpha value is -1.32. The topological polar surface area (TPSA) is 49.4 Å². The average Bonchev–Trinajstić information content (AvgIpc) is 3.23. The van der Waals surface area contributed by atoms with E-state index in [0.717, 1.165) is 19.5 Å². The van der Waals surface area contributed by atoms with Crippen LogP contribution < -0.4 is 5.32 Å². The number of likely N-dealkylation sites (tertiary alicyclic amines) is 1. The van der Waals surface area contributed by atoms with E-state index in [4.69, 9.17) is 0 Å². The largest absolute Gasteiger partial charge is 0.355 e. The fraction of sp³-hybridized carbons (Fsp3) is 0.765. The summed E-state index contributed by atoms with van der Waals surface area (Å²) in [6.45, 7) is 2.22. The first-order chi connectivity index (χ1) is 10.2. The van der Waals surface area contributed by atoms with Gasteiger partial charge in [0.1, 0.15) is 0 Å². The van der Waals surface area contributed by atoms with Crippen LogP contribution >= 0.6 is 0 Å². The molecule has 0 radical (unpaired) electrons. The smallest absolute Gasteiger partial charge is 0.225 e. The Morgan fingerprint density at radius 1 is 1.33 bits per heavy atom. The second-order valence-corrected chi connectivity index (χ2v) is 6.79. The number of hydrogen-bond acceptors (Lipinski definition) is 2. The van der Waals surface area contributed by atoms with Crippen LogP contribution in [0.4, 0.5) is 0 Å². The molecule has 2 fully saturated rings. The number of nitrogens with one attached hydrogen (secondary N) is 1. The maximum Gasteiger partial charge on any atom is 0.225 e. The van der Waals surface area contributed by atoms with Crippen molar-refractivity contribution in [3.05, 3.63) is 11.6 Å². The lowest BCUT2D eigenvalue weighted by Crippen LogP contribution is -2.34. The lowest BCUT2D eigenvalue weighted by molar-refractivity contribution is -0.129. The van der Waals surface area contributed by atoms with Crippen molar-refractivity contribution in [1.29, 1.82) is 0 Å². The monoisotopic (exact) mass is 290 g/mol. The van der Waals surface area contributed by atoms with Gasteiger partial charge in [0.05, 0.1) is 5.92 Å². The highest BCUT2D eigenvalue weighted by Gasteiger charge is 2.36. The molecule has 1 heterocycles. The first-order valence-electron chi connectivity index (χ1n) is 8.46. The molecule has 0 unspecified atom stereocenters. The number of nitrogens with zero attached hydrogens (tertiary/aromatic N) is 1. The van der Waals surface area contributed by atoms with Gasteiger partial charge in [0.2, 0.25) is 11.8 Å². The summed E-state index contributed by atoms with van der Waals surface area (Å²) in [7, 11) is 0. The van der Waals surface area contributed by atoms with Gasteiger partial charge in [0.15, 0.2) is 0 Å². The zero-order chi connectivity index (χ0) is 14.7. The third kappa shape index (κ3) is 4.08. The number of amides is 2. The molecule has 0 bridgehead atoms. The fourth-order valence-corrected chi connectivity index (χ4v) is 3.36. The minimum atomic E-state index is -0.128. The van der Waals surface area contributed by atoms with E-state index in [1.54, 1.807) is 0 Å². The fourth-order valence-electron chi connectivity index (χ4n) is 3.36. The van der Waals surface area contributed by atoms with Crippen LogP contribution in [0.5, 0.6) is 0 Å². The second kappa shape index (κ2) is 6.63. The average molecular weight is 290 g/mol. The standard InChI is InChI=1S/C17H26N2O2/c20-16-10-15(12-19(16)11-14-6-7-14)17(21)18-9-8-13-4-2-1-3-5-13/h4,14-15H,1-3,5-12H2,(H,18,21)/t15-/m0/s1. The minimum absolute atomic E-state index is 0.0676. The zero-order valence-electron chi connectivity index (χ0n) is 12.8. The number of rotatable bonds is 6. The van der Waals surface area contributed by atoms with Gasteiger partial charge in [0.25, 0.3) is 0 Å². The van der Waals surface area contributed by atoms with Crippen molar-refractivity contribution in [1.82, 2.24) is 10.2 Å². The maximum absolute atomic E-state index is 12.2. The van der Waals surface area contributed by atoms with E-state index in [-0.39, 0.29) is 17.7 Å². The molecule has 4 nitrogen and oxygen atoms in total. The van der Waals surface area contributed by atoms with E-state index >= 15 is 0 Å². The van der Waals surface area contributed by atoms with Crippen molar-refractivity contribution < 1.29 is 9.59 Å². The molecule has 0 spiro atoms. The molecule has 1 N–H and O–H groups in total. The van der Waals surface area contributed by atoms with E-state index in [9.17, 15) is 9.59 Å². The summed E-state index contributed by atoms with van der Waals surface area (Å²) in [6.07, 6.45) is 11.2. The normalized spacial score (nSPS) is 25.9. The molecule has 116 valence electrons. The van der Waals surface area contributed by atoms with Crippen LogP contribution in [0.15, 0.2) is 11.6 Å². The van der Waals surface area contributed by atoms with Crippen molar-refractivity contribution in [3.63, 3.8) is 0 Å². The molecule has 3 rings (SSSR count). The van der Waals surface area contributed by atoms with Crippen molar-refractivity contribution in [3.8, 4) is 0 Å². The summed E-state index contributed by atoms with van der Waals surface area (Å²) >= 11 is 0. The van der Waals surface area contributed by atoms with Gasteiger partial charge >= 0.3 is 0 Å². The maximum atomic E-state index is 12.2. The van der Waals surface area contributed by atoms with Gasteiger partial charge in [0, 0.05) is 26.1 Å². The summed E-state index contributed by atoms with van der Waals surface area (Å²) in [5.74, 6) is 0.806. The van der Waals surface area contributed by atoms with E-state index in [1.807, 2.05) is 4.90 Å². The highest BCUT2D eigenvalue weighted by atomic mass is 16.2. The van der Waals surface area contributed by atoms with Crippen molar-refractivity contribution in [2.45, 2.75) is 51.4 Å². The highest BCUT2D eigenvalue weighted by Crippen LogP contribution is 2.32. The molecule has 1 saturated heterocycles. The van der Waals surface area contributed by atoms with Crippen LogP contribution in [-0.4, -0.2) is 36.3 Å². The van der Waals surface area contributed by atoms with Gasteiger partial charge in [-0.05, 0) is 50.9 Å². The van der Waals surface area contributed by atoms with Gasteiger partial charge in [-0.25, -0.2) is 0 Å². The van der Waals surface area contributed by atoms with Crippen LogP contribution in [0.2, 0.25) is 0 Å². The van der Waals surface area contributed by atoms with Gasteiger partial charge in [-0.3, -0.25) is 9.59 Å². The van der Waals surface area contributed by atoms with E-state index in [2.05, 4.69) is 11.4 Å². The quantitative estimate of drug-likeness (QED) is 0.763. The Labute approximate surface area is 127 Å². The summed E-state index contributed by atoms with van der Waals surface area (Å²) in [6, 6.07) is 0. The number of hydrogen-bond donors (Lipinski definition) is 1. The molecule has 21 heavy (non-hydrogen) atoms. The highest BCUT2D eigenvalue weighted by molar-refractivity contribution is 5.89. The zero-order valence-corrected chi connectivity index (χ0v) is 12.8. The third-order valence-electron chi connectivity index (χ3n) is 4.89. The van der Waals surface area contributed by atoms with Crippen LogP contribution in [-0.2, 0) is 9.59 Å². The Bertz CT molecular complexity index is 440. The lowest BCUT2D eigenvalue weighted by atomic mass is 9.97.